The lowest BCUT2D eigenvalue weighted by Gasteiger charge is -2.16. The Hall–Kier alpha value is -2.68. The second-order valence-electron chi connectivity index (χ2n) is 6.03. The van der Waals surface area contributed by atoms with Crippen LogP contribution < -0.4 is 14.5 Å². The van der Waals surface area contributed by atoms with E-state index in [0.717, 1.165) is 17.0 Å². The molecule has 2 aromatic carbocycles. The van der Waals surface area contributed by atoms with Crippen LogP contribution in [0.4, 0.5) is 11.4 Å². The van der Waals surface area contributed by atoms with E-state index in [1.165, 1.54) is 11.3 Å². The molecule has 0 radical (unpaired) electrons. The van der Waals surface area contributed by atoms with Crippen LogP contribution in [0, 0.1) is 0 Å². The normalized spacial score (nSPS) is 11.2. The minimum Gasteiger partial charge on any atom is -0.495 e. The van der Waals surface area contributed by atoms with E-state index in [-0.39, 0.29) is 0 Å². The number of rotatable bonds is 6. The largest absolute Gasteiger partial charge is 0.495 e. The topological polar surface area (TPSA) is 15.7 Å². The van der Waals surface area contributed by atoms with Gasteiger partial charge in [0.25, 0.3) is 0 Å². The van der Waals surface area contributed by atoms with Gasteiger partial charge in [0, 0.05) is 33.9 Å². The van der Waals surface area contributed by atoms with Crippen molar-refractivity contribution >= 4 is 23.5 Å². The fraction of sp³-hybridized carbons (Fsp3) is 0.238. The number of methoxy groups -OCH3 is 1. The Kier molecular flexibility index (Phi) is 6.07. The first-order chi connectivity index (χ1) is 11.5. The Morgan fingerprint density at radius 1 is 0.750 bits per heavy atom. The van der Waals surface area contributed by atoms with E-state index in [1.54, 1.807) is 7.11 Å². The van der Waals surface area contributed by atoms with E-state index < -0.39 is 0 Å². The summed E-state index contributed by atoms with van der Waals surface area (Å²) >= 11 is 0. The van der Waals surface area contributed by atoms with E-state index in [2.05, 4.69) is 59.5 Å². The maximum atomic E-state index is 5.46. The van der Waals surface area contributed by atoms with Gasteiger partial charge in [0.2, 0.25) is 0 Å². The van der Waals surface area contributed by atoms with E-state index in [1.807, 2.05) is 45.2 Å². The van der Waals surface area contributed by atoms with Gasteiger partial charge in [0.15, 0.2) is 0 Å². The van der Waals surface area contributed by atoms with Gasteiger partial charge in [-0.3, -0.25) is 0 Å². The molecule has 2 aromatic rings. The molecule has 0 heterocycles. The first kappa shape index (κ1) is 17.7. The zero-order chi connectivity index (χ0) is 17.5. The highest BCUT2D eigenvalue weighted by atomic mass is 16.5. The van der Waals surface area contributed by atoms with Crippen LogP contribution in [0.25, 0.3) is 12.2 Å². The molecule has 0 amide bonds. The van der Waals surface area contributed by atoms with Gasteiger partial charge in [-0.25, -0.2) is 0 Å². The van der Waals surface area contributed by atoms with Crippen molar-refractivity contribution in [2.24, 2.45) is 0 Å². The van der Waals surface area contributed by atoms with Crippen molar-refractivity contribution in [1.82, 2.24) is 0 Å². The first-order valence-electron chi connectivity index (χ1n) is 7.99. The SMILES string of the molecule is COc1cc(C=CC=Cc2ccc(N(C)C)cc2)ccc1N(C)C. The number of nitrogens with zero attached hydrogens (tertiary/aromatic N) is 2. The van der Waals surface area contributed by atoms with Crippen molar-refractivity contribution < 1.29 is 4.74 Å². The second-order valence-corrected chi connectivity index (χ2v) is 6.03. The zero-order valence-corrected chi connectivity index (χ0v) is 15.2. The van der Waals surface area contributed by atoms with Crippen molar-refractivity contribution in [3.05, 3.63) is 65.7 Å². The molecular formula is C21H26N2O. The van der Waals surface area contributed by atoms with Gasteiger partial charge in [-0.15, -0.1) is 0 Å². The summed E-state index contributed by atoms with van der Waals surface area (Å²) in [6.45, 7) is 0. The van der Waals surface area contributed by atoms with Gasteiger partial charge in [0.05, 0.1) is 12.8 Å². The summed E-state index contributed by atoms with van der Waals surface area (Å²) in [5.41, 5.74) is 4.58. The molecule has 2 rings (SSSR count). The van der Waals surface area contributed by atoms with Crippen LogP contribution in [0.1, 0.15) is 11.1 Å². The molecule has 0 fully saturated rings. The highest BCUT2D eigenvalue weighted by molar-refractivity contribution is 5.65. The van der Waals surface area contributed by atoms with Gasteiger partial charge < -0.3 is 14.5 Å². The van der Waals surface area contributed by atoms with E-state index in [0.29, 0.717) is 0 Å². The molecule has 0 N–H and O–H groups in total. The molecule has 3 nitrogen and oxygen atoms in total. The number of allylic oxidation sites excluding steroid dienone is 2. The average Bonchev–Trinajstić information content (AvgIpc) is 2.58. The third-order valence-electron chi connectivity index (χ3n) is 3.78. The van der Waals surface area contributed by atoms with Crippen LogP contribution in [-0.2, 0) is 0 Å². The van der Waals surface area contributed by atoms with Gasteiger partial charge in [-0.2, -0.15) is 0 Å². The lowest BCUT2D eigenvalue weighted by atomic mass is 10.1. The summed E-state index contributed by atoms with van der Waals surface area (Å²) in [7, 11) is 9.81. The maximum Gasteiger partial charge on any atom is 0.142 e. The molecule has 0 saturated heterocycles. The molecule has 126 valence electrons. The fourth-order valence-corrected chi connectivity index (χ4v) is 2.38. The van der Waals surface area contributed by atoms with Gasteiger partial charge in [0.1, 0.15) is 5.75 Å². The van der Waals surface area contributed by atoms with E-state index in [4.69, 9.17) is 4.74 Å². The van der Waals surface area contributed by atoms with Crippen LogP contribution in [0.3, 0.4) is 0 Å². The molecule has 3 heteroatoms. The molecule has 0 bridgehead atoms. The summed E-state index contributed by atoms with van der Waals surface area (Å²) in [6.07, 6.45) is 8.27. The molecule has 0 atom stereocenters. The molecule has 0 saturated carbocycles. The zero-order valence-electron chi connectivity index (χ0n) is 15.2. The maximum absolute atomic E-state index is 5.46. The van der Waals surface area contributed by atoms with Crippen LogP contribution in [0.5, 0.6) is 5.75 Å². The summed E-state index contributed by atoms with van der Waals surface area (Å²) in [4.78, 5) is 4.14. The molecule has 24 heavy (non-hydrogen) atoms. The molecule has 0 aliphatic heterocycles. The van der Waals surface area contributed by atoms with Crippen LogP contribution >= 0.6 is 0 Å². The number of hydrogen-bond donors (Lipinski definition) is 0. The van der Waals surface area contributed by atoms with Crippen LogP contribution in [0.2, 0.25) is 0 Å². The van der Waals surface area contributed by atoms with Gasteiger partial charge >= 0.3 is 0 Å². The monoisotopic (exact) mass is 322 g/mol. The van der Waals surface area contributed by atoms with Crippen molar-refractivity contribution in [2.75, 3.05) is 45.1 Å². The predicted molar refractivity (Wildman–Crippen MR) is 106 cm³/mol. The summed E-state index contributed by atoms with van der Waals surface area (Å²) < 4.78 is 5.46. The smallest absolute Gasteiger partial charge is 0.142 e. The lowest BCUT2D eigenvalue weighted by molar-refractivity contribution is 0.415. The van der Waals surface area contributed by atoms with Crippen LogP contribution in [0.15, 0.2) is 54.6 Å². The minimum absolute atomic E-state index is 0.880. The number of benzene rings is 2. The Morgan fingerprint density at radius 3 is 1.88 bits per heavy atom. The number of hydrogen-bond acceptors (Lipinski definition) is 3. The number of anilines is 2. The van der Waals surface area contributed by atoms with Crippen molar-refractivity contribution in [2.45, 2.75) is 0 Å². The molecular weight excluding hydrogens is 296 g/mol. The summed E-state index contributed by atoms with van der Waals surface area (Å²) in [6, 6.07) is 14.7. The standard InChI is InChI=1S/C21H26N2O/c1-22(2)19-13-10-17(11-14-19)8-6-7-9-18-12-15-20(23(3)4)21(16-18)24-5/h6-16H,1-5H3. The number of ether oxygens (including phenoxy) is 1. The quantitative estimate of drug-likeness (QED) is 0.725. The molecule has 0 unspecified atom stereocenters. The van der Waals surface area contributed by atoms with Crippen molar-refractivity contribution in [3.8, 4) is 5.75 Å². The molecule has 0 aliphatic rings. The third kappa shape index (κ3) is 4.66. The minimum atomic E-state index is 0.880. The van der Waals surface area contributed by atoms with Crippen molar-refractivity contribution in [1.29, 1.82) is 0 Å². The van der Waals surface area contributed by atoms with Gasteiger partial charge in [-0.1, -0.05) is 42.5 Å². The highest BCUT2D eigenvalue weighted by Crippen LogP contribution is 2.28. The van der Waals surface area contributed by atoms with Gasteiger partial charge in [-0.05, 0) is 35.4 Å². The van der Waals surface area contributed by atoms with E-state index in [9.17, 15) is 0 Å². The van der Waals surface area contributed by atoms with Crippen molar-refractivity contribution in [3.63, 3.8) is 0 Å². The summed E-state index contributed by atoms with van der Waals surface area (Å²) in [5, 5.41) is 0. The predicted octanol–water partition coefficient (Wildman–Crippen LogP) is 4.55. The molecule has 0 spiro atoms. The summed E-state index contributed by atoms with van der Waals surface area (Å²) in [5.74, 6) is 0.880. The fourth-order valence-electron chi connectivity index (χ4n) is 2.38. The Bertz CT molecular complexity index is 713. The Morgan fingerprint density at radius 2 is 1.33 bits per heavy atom. The molecule has 0 aromatic heterocycles. The second kappa shape index (κ2) is 8.25. The average molecular weight is 322 g/mol. The van der Waals surface area contributed by atoms with E-state index >= 15 is 0 Å². The molecule has 0 aliphatic carbocycles. The Balaban J connectivity index is 2.05. The highest BCUT2D eigenvalue weighted by Gasteiger charge is 2.04. The first-order valence-corrected chi connectivity index (χ1v) is 7.99. The van der Waals surface area contributed by atoms with Crippen LogP contribution in [-0.4, -0.2) is 35.3 Å². The lowest BCUT2D eigenvalue weighted by Crippen LogP contribution is -2.09. The Labute approximate surface area is 145 Å². The third-order valence-corrected chi connectivity index (χ3v) is 3.78.